The van der Waals surface area contributed by atoms with Crippen LogP contribution in [0.4, 0.5) is 0 Å². The van der Waals surface area contributed by atoms with Gasteiger partial charge >= 0.3 is 5.97 Å². The maximum absolute atomic E-state index is 11.7. The molecule has 204 valence electrons. The van der Waals surface area contributed by atoms with Gasteiger partial charge in [-0.05, 0) is 91.8 Å². The Labute approximate surface area is 233 Å². The Hall–Kier alpha value is -3.36. The van der Waals surface area contributed by atoms with Crippen molar-refractivity contribution in [3.63, 3.8) is 0 Å². The first kappa shape index (κ1) is 27.2. The van der Waals surface area contributed by atoms with E-state index < -0.39 is 15.8 Å². The number of benzene rings is 3. The largest absolute Gasteiger partial charge is 0.490 e. The maximum atomic E-state index is 11.7. The van der Waals surface area contributed by atoms with E-state index in [0.717, 1.165) is 33.8 Å². The van der Waals surface area contributed by atoms with Gasteiger partial charge in [0.15, 0.2) is 9.84 Å². The minimum atomic E-state index is -2.91. The molecule has 0 bridgehead atoms. The minimum absolute atomic E-state index is 0.0639. The summed E-state index contributed by atoms with van der Waals surface area (Å²) in [6, 6.07) is 20.2. The summed E-state index contributed by atoms with van der Waals surface area (Å²) in [6.07, 6.45) is 1.63. The lowest BCUT2D eigenvalue weighted by Crippen LogP contribution is -2.30. The van der Waals surface area contributed by atoms with Gasteiger partial charge in [0.25, 0.3) is 0 Å². The second kappa shape index (κ2) is 11.4. The van der Waals surface area contributed by atoms with E-state index in [1.807, 2.05) is 30.3 Å². The van der Waals surface area contributed by atoms with Gasteiger partial charge in [0.1, 0.15) is 24.2 Å². The van der Waals surface area contributed by atoms with Crippen LogP contribution >= 0.6 is 11.3 Å². The monoisotopic (exact) mass is 564 g/mol. The average Bonchev–Trinajstić information content (AvgIpc) is 3.23. The van der Waals surface area contributed by atoms with Crippen molar-refractivity contribution in [2.75, 3.05) is 11.5 Å². The van der Waals surface area contributed by atoms with Crippen LogP contribution in [-0.2, 0) is 27.7 Å². The lowest BCUT2D eigenvalue weighted by Gasteiger charge is -2.23. The summed E-state index contributed by atoms with van der Waals surface area (Å²) in [4.78, 5) is 12.0. The zero-order valence-electron chi connectivity index (χ0n) is 22.1. The third-order valence-electron chi connectivity index (χ3n) is 7.16. The molecule has 0 amide bonds. The van der Waals surface area contributed by atoms with E-state index in [-0.39, 0.29) is 24.0 Å². The Bertz CT molecular complexity index is 1590. The Morgan fingerprint density at radius 1 is 0.949 bits per heavy atom. The van der Waals surface area contributed by atoms with Crippen molar-refractivity contribution in [3.8, 4) is 22.6 Å². The summed E-state index contributed by atoms with van der Waals surface area (Å²) in [7, 11) is -2.91. The molecule has 1 N–H and O–H groups in total. The molecule has 8 heteroatoms. The normalized spacial score (nSPS) is 15.3. The number of hydrogen-bond donors (Lipinski definition) is 1. The summed E-state index contributed by atoms with van der Waals surface area (Å²) in [6.45, 7) is 4.67. The molecule has 0 aliphatic carbocycles. The summed E-state index contributed by atoms with van der Waals surface area (Å²) in [5, 5.41) is 10.1. The molecule has 0 unspecified atom stereocenters. The fourth-order valence-corrected chi connectivity index (χ4v) is 7.54. The van der Waals surface area contributed by atoms with Crippen molar-refractivity contribution in [2.24, 2.45) is 0 Å². The second-order valence-corrected chi connectivity index (χ2v) is 13.7. The number of carboxylic acid groups (broad SMARTS) is 1. The first-order valence-electron chi connectivity index (χ1n) is 13.1. The van der Waals surface area contributed by atoms with E-state index in [1.54, 1.807) is 11.3 Å². The van der Waals surface area contributed by atoms with Crippen molar-refractivity contribution < 1.29 is 27.8 Å². The van der Waals surface area contributed by atoms with Crippen LogP contribution in [-0.4, -0.2) is 37.1 Å². The Kier molecular flexibility index (Phi) is 7.96. The van der Waals surface area contributed by atoms with Crippen LogP contribution in [0.25, 0.3) is 21.2 Å². The van der Waals surface area contributed by atoms with Crippen molar-refractivity contribution in [2.45, 2.75) is 52.2 Å². The third kappa shape index (κ3) is 6.62. The highest BCUT2D eigenvalue weighted by molar-refractivity contribution is 7.91. The van der Waals surface area contributed by atoms with Crippen LogP contribution in [0, 0.1) is 13.8 Å². The van der Waals surface area contributed by atoms with Gasteiger partial charge in [-0.15, -0.1) is 11.3 Å². The lowest BCUT2D eigenvalue weighted by atomic mass is 9.97. The molecule has 0 saturated carbocycles. The highest BCUT2D eigenvalue weighted by Crippen LogP contribution is 2.41. The van der Waals surface area contributed by atoms with E-state index in [1.165, 1.54) is 20.5 Å². The highest BCUT2D eigenvalue weighted by Gasteiger charge is 2.25. The number of carboxylic acids is 1. The van der Waals surface area contributed by atoms with Crippen molar-refractivity contribution in [3.05, 3.63) is 82.2 Å². The van der Waals surface area contributed by atoms with Gasteiger partial charge in [0.2, 0.25) is 0 Å². The van der Waals surface area contributed by atoms with Gasteiger partial charge in [0, 0.05) is 26.9 Å². The first-order valence-corrected chi connectivity index (χ1v) is 15.7. The topological polar surface area (TPSA) is 89.9 Å². The fourth-order valence-electron chi connectivity index (χ4n) is 5.03. The summed E-state index contributed by atoms with van der Waals surface area (Å²) < 4.78 is 36.8. The van der Waals surface area contributed by atoms with E-state index in [2.05, 4.69) is 44.2 Å². The first-order chi connectivity index (χ1) is 18.7. The van der Waals surface area contributed by atoms with Crippen LogP contribution in [0.2, 0.25) is 0 Å². The Balaban J connectivity index is 1.31. The quantitative estimate of drug-likeness (QED) is 0.242. The number of aliphatic carboxylic acids is 1. The van der Waals surface area contributed by atoms with E-state index in [9.17, 15) is 13.2 Å². The zero-order valence-corrected chi connectivity index (χ0v) is 23.7. The van der Waals surface area contributed by atoms with E-state index >= 15 is 0 Å². The van der Waals surface area contributed by atoms with Crippen molar-refractivity contribution in [1.29, 1.82) is 0 Å². The molecule has 1 fully saturated rings. The van der Waals surface area contributed by atoms with Gasteiger partial charge in [-0.2, -0.15) is 0 Å². The molecule has 4 aromatic rings. The summed E-state index contributed by atoms with van der Waals surface area (Å²) in [5.74, 6) is 1.11. The van der Waals surface area contributed by atoms with E-state index in [0.29, 0.717) is 25.9 Å². The molecule has 39 heavy (non-hydrogen) atoms. The Morgan fingerprint density at radius 2 is 1.64 bits per heavy atom. The van der Waals surface area contributed by atoms with Gasteiger partial charge in [0.05, 0.1) is 11.5 Å². The summed E-state index contributed by atoms with van der Waals surface area (Å²) in [5.41, 5.74) is 5.53. The number of thiophene rings is 1. The average molecular weight is 565 g/mol. The van der Waals surface area contributed by atoms with E-state index in [4.69, 9.17) is 14.6 Å². The number of sulfone groups is 1. The highest BCUT2D eigenvalue weighted by atomic mass is 32.2. The van der Waals surface area contributed by atoms with Crippen LogP contribution < -0.4 is 9.47 Å². The van der Waals surface area contributed by atoms with Crippen LogP contribution in [0.5, 0.6) is 11.5 Å². The minimum Gasteiger partial charge on any atom is -0.490 e. The van der Waals surface area contributed by atoms with Crippen molar-refractivity contribution in [1.82, 2.24) is 0 Å². The molecular weight excluding hydrogens is 532 g/mol. The number of aryl methyl sites for hydroxylation is 3. The molecule has 1 aliphatic rings. The summed E-state index contributed by atoms with van der Waals surface area (Å²) >= 11 is 1.78. The molecular formula is C31H32O6S2. The van der Waals surface area contributed by atoms with Crippen LogP contribution in [0.15, 0.2) is 60.7 Å². The fraction of sp³-hybridized carbons (Fsp3) is 0.323. The Morgan fingerprint density at radius 3 is 2.33 bits per heavy atom. The smallest absolute Gasteiger partial charge is 0.303 e. The number of ether oxygens (including phenoxy) is 2. The zero-order chi connectivity index (χ0) is 27.6. The predicted molar refractivity (Wildman–Crippen MR) is 156 cm³/mol. The predicted octanol–water partition coefficient (Wildman–Crippen LogP) is 6.74. The molecule has 0 atom stereocenters. The SMILES string of the molecule is Cc1cc(OC2CCS(=O)(=O)CC2)ccc1-c1c(C)sc2ccc(COc3ccc(CCC(=O)O)cc3)cc12. The lowest BCUT2D eigenvalue weighted by molar-refractivity contribution is -0.136. The van der Waals surface area contributed by atoms with Gasteiger partial charge < -0.3 is 14.6 Å². The van der Waals surface area contributed by atoms with Gasteiger partial charge in [-0.25, -0.2) is 8.42 Å². The molecule has 1 aromatic heterocycles. The number of hydrogen-bond acceptors (Lipinski definition) is 6. The molecule has 1 saturated heterocycles. The third-order valence-corrected chi connectivity index (χ3v) is 9.96. The van der Waals surface area contributed by atoms with Gasteiger partial charge in [-0.3, -0.25) is 4.79 Å². The van der Waals surface area contributed by atoms with Gasteiger partial charge in [-0.1, -0.05) is 24.3 Å². The molecule has 0 radical (unpaired) electrons. The number of fused-ring (bicyclic) bond motifs is 1. The van der Waals surface area contributed by atoms with Crippen molar-refractivity contribution >= 4 is 37.2 Å². The molecule has 2 heterocycles. The second-order valence-electron chi connectivity index (χ2n) is 10.1. The number of carbonyl (C=O) groups is 1. The van der Waals surface area contributed by atoms with Crippen LogP contribution in [0.1, 0.15) is 40.8 Å². The molecule has 3 aromatic carbocycles. The molecule has 6 nitrogen and oxygen atoms in total. The van der Waals surface area contributed by atoms with Crippen LogP contribution in [0.3, 0.4) is 0 Å². The molecule has 0 spiro atoms. The maximum Gasteiger partial charge on any atom is 0.303 e. The molecule has 1 aliphatic heterocycles. The standard InChI is InChI=1S/C31H32O6S2/c1-20-17-26(37-25-13-15-39(34,35)16-14-25)9-10-27(20)31-21(2)38-29-11-5-23(18-28(29)31)19-36-24-7-3-22(4-8-24)6-12-30(32)33/h3-5,7-11,17-18,25H,6,12-16,19H2,1-2H3,(H,32,33). The number of rotatable bonds is 9. The molecule has 5 rings (SSSR count).